The maximum absolute atomic E-state index is 6.27. The number of nitrogens with two attached hydrogens (primary N) is 1. The molecular weight excluding hydrogens is 276 g/mol. The molecule has 0 amide bonds. The highest BCUT2D eigenvalue weighted by molar-refractivity contribution is 6.31. The normalized spacial score (nSPS) is 12.8. The van der Waals surface area contributed by atoms with Gasteiger partial charge in [0.25, 0.3) is 0 Å². The molecule has 1 unspecified atom stereocenters. The van der Waals surface area contributed by atoms with Gasteiger partial charge in [-0.2, -0.15) is 10.2 Å². The summed E-state index contributed by atoms with van der Waals surface area (Å²) < 4.78 is 3.80. The molecule has 0 aliphatic heterocycles. The van der Waals surface area contributed by atoms with E-state index >= 15 is 0 Å². The van der Waals surface area contributed by atoms with E-state index in [-0.39, 0.29) is 6.04 Å². The fourth-order valence-corrected chi connectivity index (χ4v) is 2.61. The lowest BCUT2D eigenvalue weighted by Gasteiger charge is -2.19. The fraction of sp³-hybridized carbons (Fsp3) is 0.538. The van der Waals surface area contributed by atoms with Crippen LogP contribution in [0.1, 0.15) is 43.9 Å². The van der Waals surface area contributed by atoms with Crippen LogP contribution in [-0.4, -0.2) is 19.6 Å². The highest BCUT2D eigenvalue weighted by Gasteiger charge is 2.24. The molecule has 0 aliphatic carbocycles. The Bertz CT molecular complexity index is 573. The molecule has 2 aromatic heterocycles. The van der Waals surface area contributed by atoms with Crippen molar-refractivity contribution in [1.82, 2.24) is 25.0 Å². The molecule has 0 saturated heterocycles. The summed E-state index contributed by atoms with van der Waals surface area (Å²) in [4.78, 5) is 0. The summed E-state index contributed by atoms with van der Waals surface area (Å²) in [6, 6.07) is 1.84. The zero-order valence-electron chi connectivity index (χ0n) is 12.1. The molecule has 110 valence electrons. The van der Waals surface area contributed by atoms with E-state index in [4.69, 9.17) is 17.4 Å². The predicted molar refractivity (Wildman–Crippen MR) is 79.4 cm³/mol. The SMILES string of the molecule is CCc1cc(C(NN)c2c(Cl)cnn2CC)n(CC)n1. The fourth-order valence-electron chi connectivity index (χ4n) is 2.36. The van der Waals surface area contributed by atoms with Crippen molar-refractivity contribution in [1.29, 1.82) is 0 Å². The molecule has 0 aliphatic rings. The molecule has 0 fully saturated rings. The minimum Gasteiger partial charge on any atom is -0.270 e. The summed E-state index contributed by atoms with van der Waals surface area (Å²) in [5, 5.41) is 9.44. The Morgan fingerprint density at radius 1 is 1.30 bits per heavy atom. The van der Waals surface area contributed by atoms with Gasteiger partial charge in [-0.15, -0.1) is 0 Å². The highest BCUT2D eigenvalue weighted by atomic mass is 35.5. The van der Waals surface area contributed by atoms with Crippen LogP contribution in [-0.2, 0) is 19.5 Å². The quantitative estimate of drug-likeness (QED) is 0.630. The standard InChI is InChI=1S/C13H21ClN6/c1-4-9-7-11(19(5-2)18-9)12(17-15)13-10(14)8-16-20(13)6-3/h7-8,12,17H,4-6,15H2,1-3H3. The van der Waals surface area contributed by atoms with E-state index in [2.05, 4.69) is 35.5 Å². The average molecular weight is 297 g/mol. The third-order valence-electron chi connectivity index (χ3n) is 3.39. The topological polar surface area (TPSA) is 73.7 Å². The number of nitrogens with zero attached hydrogens (tertiary/aromatic N) is 4. The van der Waals surface area contributed by atoms with Crippen LogP contribution in [0.2, 0.25) is 5.02 Å². The Morgan fingerprint density at radius 2 is 2.00 bits per heavy atom. The van der Waals surface area contributed by atoms with Crippen LogP contribution in [0.4, 0.5) is 0 Å². The number of aromatic nitrogens is 4. The first kappa shape index (κ1) is 15.0. The van der Waals surface area contributed by atoms with Crippen LogP contribution in [0.25, 0.3) is 0 Å². The van der Waals surface area contributed by atoms with Gasteiger partial charge >= 0.3 is 0 Å². The zero-order chi connectivity index (χ0) is 14.7. The van der Waals surface area contributed by atoms with E-state index < -0.39 is 0 Å². The van der Waals surface area contributed by atoms with E-state index in [0.29, 0.717) is 5.02 Å². The van der Waals surface area contributed by atoms with Gasteiger partial charge in [0.2, 0.25) is 0 Å². The van der Waals surface area contributed by atoms with Gasteiger partial charge in [-0.25, -0.2) is 5.43 Å². The summed E-state index contributed by atoms with van der Waals surface area (Å²) in [5.74, 6) is 5.77. The maximum atomic E-state index is 6.27. The monoisotopic (exact) mass is 296 g/mol. The van der Waals surface area contributed by atoms with Gasteiger partial charge in [0.15, 0.2) is 0 Å². The van der Waals surface area contributed by atoms with E-state index in [1.807, 2.05) is 16.3 Å². The Hall–Kier alpha value is -1.37. The summed E-state index contributed by atoms with van der Waals surface area (Å²) >= 11 is 6.27. The van der Waals surface area contributed by atoms with Crippen molar-refractivity contribution in [2.24, 2.45) is 5.84 Å². The molecule has 0 saturated carbocycles. The smallest absolute Gasteiger partial charge is 0.106 e. The van der Waals surface area contributed by atoms with E-state index in [9.17, 15) is 0 Å². The molecule has 0 aromatic carbocycles. The number of hydrogen-bond acceptors (Lipinski definition) is 4. The molecule has 2 rings (SSSR count). The van der Waals surface area contributed by atoms with Crippen LogP contribution < -0.4 is 11.3 Å². The molecule has 2 aromatic rings. The molecule has 0 radical (unpaired) electrons. The van der Waals surface area contributed by atoms with Gasteiger partial charge in [0.05, 0.1) is 28.3 Å². The second kappa shape index (κ2) is 6.39. The van der Waals surface area contributed by atoms with Gasteiger partial charge in [-0.3, -0.25) is 15.2 Å². The van der Waals surface area contributed by atoms with Crippen molar-refractivity contribution < 1.29 is 0 Å². The molecule has 20 heavy (non-hydrogen) atoms. The lowest BCUT2D eigenvalue weighted by atomic mass is 10.1. The highest BCUT2D eigenvalue weighted by Crippen LogP contribution is 2.28. The van der Waals surface area contributed by atoms with E-state index in [1.54, 1.807) is 6.20 Å². The third-order valence-corrected chi connectivity index (χ3v) is 3.68. The van der Waals surface area contributed by atoms with E-state index in [0.717, 1.165) is 36.6 Å². The summed E-state index contributed by atoms with van der Waals surface area (Å²) in [6.07, 6.45) is 2.54. The first-order valence-electron chi connectivity index (χ1n) is 6.90. The zero-order valence-corrected chi connectivity index (χ0v) is 12.9. The summed E-state index contributed by atoms with van der Waals surface area (Å²) in [7, 11) is 0. The van der Waals surface area contributed by atoms with Crippen LogP contribution in [0, 0.1) is 0 Å². The van der Waals surface area contributed by atoms with Crippen LogP contribution in [0.15, 0.2) is 12.3 Å². The Balaban J connectivity index is 2.51. The molecule has 6 nitrogen and oxygen atoms in total. The van der Waals surface area contributed by atoms with E-state index in [1.165, 1.54) is 0 Å². The number of aryl methyl sites for hydroxylation is 3. The Labute approximate surface area is 123 Å². The Morgan fingerprint density at radius 3 is 2.55 bits per heavy atom. The van der Waals surface area contributed by atoms with Crippen molar-refractivity contribution in [2.45, 2.75) is 46.3 Å². The lowest BCUT2D eigenvalue weighted by Crippen LogP contribution is -2.32. The minimum absolute atomic E-state index is 0.224. The second-order valence-electron chi connectivity index (χ2n) is 4.52. The Kier molecular flexibility index (Phi) is 4.80. The van der Waals surface area contributed by atoms with Crippen molar-refractivity contribution in [3.05, 3.63) is 34.4 Å². The molecule has 1 atom stereocenters. The molecule has 7 heteroatoms. The van der Waals surface area contributed by atoms with Crippen molar-refractivity contribution in [2.75, 3.05) is 0 Å². The van der Waals surface area contributed by atoms with Crippen molar-refractivity contribution in [3.8, 4) is 0 Å². The molecular formula is C13H21ClN6. The van der Waals surface area contributed by atoms with Crippen molar-refractivity contribution in [3.63, 3.8) is 0 Å². The van der Waals surface area contributed by atoms with Gasteiger partial charge in [-0.05, 0) is 26.3 Å². The molecule has 3 N–H and O–H groups in total. The first-order chi connectivity index (χ1) is 9.65. The average Bonchev–Trinajstić information content (AvgIpc) is 3.04. The minimum atomic E-state index is -0.224. The lowest BCUT2D eigenvalue weighted by molar-refractivity contribution is 0.500. The summed E-state index contributed by atoms with van der Waals surface area (Å²) in [5.41, 5.74) is 5.76. The number of halogens is 1. The molecule has 0 bridgehead atoms. The predicted octanol–water partition coefficient (Wildman–Crippen LogP) is 1.89. The maximum Gasteiger partial charge on any atom is 0.106 e. The third kappa shape index (κ3) is 2.59. The number of hydrazine groups is 1. The largest absolute Gasteiger partial charge is 0.270 e. The van der Waals surface area contributed by atoms with Crippen LogP contribution in [0.5, 0.6) is 0 Å². The van der Waals surface area contributed by atoms with Gasteiger partial charge in [0, 0.05) is 13.1 Å². The summed E-state index contributed by atoms with van der Waals surface area (Å²) in [6.45, 7) is 7.68. The van der Waals surface area contributed by atoms with Crippen molar-refractivity contribution >= 4 is 11.6 Å². The molecule has 2 heterocycles. The number of rotatable bonds is 6. The first-order valence-corrected chi connectivity index (χ1v) is 7.27. The van der Waals surface area contributed by atoms with Gasteiger partial charge < -0.3 is 0 Å². The second-order valence-corrected chi connectivity index (χ2v) is 4.93. The number of hydrogen-bond donors (Lipinski definition) is 2. The van der Waals surface area contributed by atoms with Gasteiger partial charge in [0.1, 0.15) is 6.04 Å². The molecule has 0 spiro atoms. The van der Waals surface area contributed by atoms with Crippen LogP contribution >= 0.6 is 11.6 Å². The number of nitrogens with one attached hydrogen (secondary N) is 1. The van der Waals surface area contributed by atoms with Gasteiger partial charge in [-0.1, -0.05) is 18.5 Å². The van der Waals surface area contributed by atoms with Crippen LogP contribution in [0.3, 0.4) is 0 Å².